The molecule has 0 aliphatic rings. The lowest BCUT2D eigenvalue weighted by molar-refractivity contribution is -0.136. The summed E-state index contributed by atoms with van der Waals surface area (Å²) in [5.74, 6) is -0.834. The van der Waals surface area contributed by atoms with Crippen LogP contribution in [0.5, 0.6) is 0 Å². The van der Waals surface area contributed by atoms with E-state index in [0.717, 1.165) is 24.5 Å². The van der Waals surface area contributed by atoms with E-state index in [1.165, 1.54) is 16.9 Å². The number of nitrogens with zero attached hydrogens (tertiary/aromatic N) is 1. The molecule has 1 aromatic heterocycles. The summed E-state index contributed by atoms with van der Waals surface area (Å²) < 4.78 is 0. The molecule has 0 unspecified atom stereocenters. The third-order valence-electron chi connectivity index (χ3n) is 2.62. The van der Waals surface area contributed by atoms with Crippen LogP contribution in [0, 0.1) is 0 Å². The Kier molecular flexibility index (Phi) is 5.06. The molecule has 0 fully saturated rings. The van der Waals surface area contributed by atoms with E-state index in [0.29, 0.717) is 5.69 Å². The summed E-state index contributed by atoms with van der Waals surface area (Å²) in [4.78, 5) is 14.8. The number of benzene rings is 1. The number of carboxylic acid groups (broad SMARTS) is 1. The van der Waals surface area contributed by atoms with Crippen molar-refractivity contribution in [3.63, 3.8) is 0 Å². The van der Waals surface area contributed by atoms with Crippen LogP contribution < -0.4 is 5.32 Å². The molecule has 2 N–H and O–H groups in total. The van der Waals surface area contributed by atoms with Crippen molar-refractivity contribution in [1.29, 1.82) is 0 Å². The minimum Gasteiger partial charge on any atom is -0.481 e. The first-order valence-electron chi connectivity index (χ1n) is 6.14. The quantitative estimate of drug-likeness (QED) is 0.760. The van der Waals surface area contributed by atoms with Crippen molar-refractivity contribution in [3.05, 3.63) is 52.0 Å². The van der Waals surface area contributed by atoms with Crippen molar-refractivity contribution in [1.82, 2.24) is 10.3 Å². The SMILES string of the molecule is O=C(O)Cc1csc(CCNCc2ccccc2)n1. The van der Waals surface area contributed by atoms with Crippen LogP contribution in [0.25, 0.3) is 0 Å². The largest absolute Gasteiger partial charge is 0.481 e. The number of carboxylic acids is 1. The van der Waals surface area contributed by atoms with Gasteiger partial charge in [0.05, 0.1) is 17.1 Å². The van der Waals surface area contributed by atoms with Gasteiger partial charge >= 0.3 is 5.97 Å². The van der Waals surface area contributed by atoms with Gasteiger partial charge in [0.25, 0.3) is 0 Å². The summed E-state index contributed by atoms with van der Waals surface area (Å²) in [5.41, 5.74) is 1.91. The lowest BCUT2D eigenvalue weighted by Gasteiger charge is -2.03. The fourth-order valence-corrected chi connectivity index (χ4v) is 2.52. The predicted octanol–water partition coefficient (Wildman–Crippen LogP) is 2.10. The molecule has 0 saturated heterocycles. The number of aromatic nitrogens is 1. The van der Waals surface area contributed by atoms with E-state index in [2.05, 4.69) is 22.4 Å². The second-order valence-electron chi connectivity index (χ2n) is 4.22. The van der Waals surface area contributed by atoms with Gasteiger partial charge in [0.1, 0.15) is 0 Å². The Hall–Kier alpha value is -1.72. The number of nitrogens with one attached hydrogen (secondary N) is 1. The predicted molar refractivity (Wildman–Crippen MR) is 75.3 cm³/mol. The Morgan fingerprint density at radius 1 is 1.32 bits per heavy atom. The Balaban J connectivity index is 1.71. The monoisotopic (exact) mass is 276 g/mol. The van der Waals surface area contributed by atoms with Gasteiger partial charge in [-0.05, 0) is 5.56 Å². The van der Waals surface area contributed by atoms with Gasteiger partial charge in [-0.2, -0.15) is 0 Å². The summed E-state index contributed by atoms with van der Waals surface area (Å²) in [5, 5.41) is 14.8. The normalized spacial score (nSPS) is 10.5. The van der Waals surface area contributed by atoms with E-state index in [1.807, 2.05) is 23.6 Å². The van der Waals surface area contributed by atoms with Gasteiger partial charge in [0.2, 0.25) is 0 Å². The molecule has 0 radical (unpaired) electrons. The molecule has 0 spiro atoms. The van der Waals surface area contributed by atoms with Crippen molar-refractivity contribution in [2.75, 3.05) is 6.54 Å². The van der Waals surface area contributed by atoms with Crippen LogP contribution in [-0.4, -0.2) is 22.6 Å². The van der Waals surface area contributed by atoms with Crippen LogP contribution >= 0.6 is 11.3 Å². The van der Waals surface area contributed by atoms with Crippen molar-refractivity contribution < 1.29 is 9.90 Å². The molecular weight excluding hydrogens is 260 g/mol. The Labute approximate surface area is 116 Å². The lowest BCUT2D eigenvalue weighted by atomic mass is 10.2. The van der Waals surface area contributed by atoms with Crippen molar-refractivity contribution in [2.24, 2.45) is 0 Å². The summed E-state index contributed by atoms with van der Waals surface area (Å²) >= 11 is 1.52. The molecule has 1 heterocycles. The highest BCUT2D eigenvalue weighted by Gasteiger charge is 2.05. The van der Waals surface area contributed by atoms with Crippen LogP contribution in [-0.2, 0) is 24.2 Å². The third kappa shape index (κ3) is 4.81. The Morgan fingerprint density at radius 3 is 2.84 bits per heavy atom. The van der Waals surface area contributed by atoms with Crippen molar-refractivity contribution in [3.8, 4) is 0 Å². The molecule has 1 aromatic carbocycles. The number of aliphatic carboxylic acids is 1. The minimum absolute atomic E-state index is 0.00788. The Morgan fingerprint density at radius 2 is 2.11 bits per heavy atom. The molecular formula is C14H16N2O2S. The molecule has 5 heteroatoms. The van der Waals surface area contributed by atoms with Gasteiger partial charge in [0, 0.05) is 24.9 Å². The molecule has 19 heavy (non-hydrogen) atoms. The summed E-state index contributed by atoms with van der Waals surface area (Å²) in [6, 6.07) is 10.2. The molecule has 0 bridgehead atoms. The smallest absolute Gasteiger partial charge is 0.309 e. The maximum atomic E-state index is 10.5. The van der Waals surface area contributed by atoms with Gasteiger partial charge < -0.3 is 10.4 Å². The highest BCUT2D eigenvalue weighted by Crippen LogP contribution is 2.10. The van der Waals surface area contributed by atoms with Crippen LogP contribution in [0.2, 0.25) is 0 Å². The highest BCUT2D eigenvalue weighted by molar-refractivity contribution is 7.09. The van der Waals surface area contributed by atoms with Crippen LogP contribution in [0.4, 0.5) is 0 Å². The van der Waals surface area contributed by atoms with Crippen LogP contribution in [0.15, 0.2) is 35.7 Å². The highest BCUT2D eigenvalue weighted by atomic mass is 32.1. The zero-order valence-corrected chi connectivity index (χ0v) is 11.3. The molecule has 0 atom stereocenters. The summed E-state index contributed by atoms with van der Waals surface area (Å²) in [6.07, 6.45) is 0.838. The van der Waals surface area contributed by atoms with Gasteiger partial charge in [-0.1, -0.05) is 30.3 Å². The first-order valence-corrected chi connectivity index (χ1v) is 7.02. The number of hydrogen-bond donors (Lipinski definition) is 2. The first kappa shape index (κ1) is 13.7. The molecule has 0 saturated carbocycles. The minimum atomic E-state index is -0.834. The second-order valence-corrected chi connectivity index (χ2v) is 5.16. The van der Waals surface area contributed by atoms with E-state index < -0.39 is 5.97 Å². The lowest BCUT2D eigenvalue weighted by Crippen LogP contribution is -2.16. The van der Waals surface area contributed by atoms with Gasteiger partial charge in [-0.3, -0.25) is 4.79 Å². The summed E-state index contributed by atoms with van der Waals surface area (Å²) in [6.45, 7) is 1.68. The molecule has 2 rings (SSSR count). The molecule has 0 amide bonds. The van der Waals surface area contributed by atoms with Gasteiger partial charge in [-0.25, -0.2) is 4.98 Å². The van der Waals surface area contributed by atoms with Gasteiger partial charge in [0.15, 0.2) is 0 Å². The average molecular weight is 276 g/mol. The first-order chi connectivity index (χ1) is 9.24. The number of thiazole rings is 1. The zero-order valence-electron chi connectivity index (χ0n) is 10.5. The van der Waals surface area contributed by atoms with Crippen LogP contribution in [0.3, 0.4) is 0 Å². The average Bonchev–Trinajstić information content (AvgIpc) is 2.83. The topological polar surface area (TPSA) is 62.2 Å². The fourth-order valence-electron chi connectivity index (χ4n) is 1.72. The summed E-state index contributed by atoms with van der Waals surface area (Å²) in [7, 11) is 0. The fraction of sp³-hybridized carbons (Fsp3) is 0.286. The molecule has 4 nitrogen and oxygen atoms in total. The molecule has 2 aromatic rings. The van der Waals surface area contributed by atoms with E-state index in [4.69, 9.17) is 5.11 Å². The standard InChI is InChI=1S/C14H16N2O2S/c17-14(18)8-12-10-19-13(16-12)6-7-15-9-11-4-2-1-3-5-11/h1-5,10,15H,6-9H2,(H,17,18). The molecule has 0 aliphatic heterocycles. The van der Waals surface area contributed by atoms with E-state index in [1.54, 1.807) is 0 Å². The maximum absolute atomic E-state index is 10.5. The van der Waals surface area contributed by atoms with E-state index >= 15 is 0 Å². The zero-order chi connectivity index (χ0) is 13.5. The van der Waals surface area contributed by atoms with Crippen molar-refractivity contribution >= 4 is 17.3 Å². The number of hydrogen-bond acceptors (Lipinski definition) is 4. The molecule has 0 aliphatic carbocycles. The van der Waals surface area contributed by atoms with E-state index in [-0.39, 0.29) is 6.42 Å². The molecule has 100 valence electrons. The van der Waals surface area contributed by atoms with Crippen molar-refractivity contribution in [2.45, 2.75) is 19.4 Å². The van der Waals surface area contributed by atoms with Crippen LogP contribution in [0.1, 0.15) is 16.3 Å². The number of carbonyl (C=O) groups is 1. The maximum Gasteiger partial charge on any atom is 0.309 e. The number of rotatable bonds is 7. The third-order valence-corrected chi connectivity index (χ3v) is 3.58. The second kappa shape index (κ2) is 7.01. The Bertz CT molecular complexity index is 525. The van der Waals surface area contributed by atoms with E-state index in [9.17, 15) is 4.79 Å². The van der Waals surface area contributed by atoms with Gasteiger partial charge in [-0.15, -0.1) is 11.3 Å².